The highest BCUT2D eigenvalue weighted by Gasteiger charge is 2.18. The minimum absolute atomic E-state index is 0.0397. The third-order valence-corrected chi connectivity index (χ3v) is 3.69. The fraction of sp³-hybridized carbons (Fsp3) is 0.571. The van der Waals surface area contributed by atoms with Crippen molar-refractivity contribution in [2.24, 2.45) is 5.92 Å². The minimum atomic E-state index is -0.630. The zero-order valence-corrected chi connectivity index (χ0v) is 11.1. The number of hydrogen-bond acceptors (Lipinski definition) is 4. The Kier molecular flexibility index (Phi) is 4.24. The van der Waals surface area contributed by atoms with Gasteiger partial charge in [0.2, 0.25) is 0 Å². The first kappa shape index (κ1) is 13.6. The van der Waals surface area contributed by atoms with Gasteiger partial charge in [-0.2, -0.15) is 0 Å². The number of nitrogens with zero attached hydrogens (tertiary/aromatic N) is 1. The first-order chi connectivity index (χ1) is 9.11. The third-order valence-electron chi connectivity index (χ3n) is 3.69. The molecule has 5 nitrogen and oxygen atoms in total. The fourth-order valence-electron chi connectivity index (χ4n) is 2.62. The largest absolute Gasteiger partial charge is 0.507 e. The molecule has 0 bridgehead atoms. The molecule has 0 amide bonds. The summed E-state index contributed by atoms with van der Waals surface area (Å²) in [5, 5.41) is 9.61. The summed E-state index contributed by atoms with van der Waals surface area (Å²) in [5.74, 6) is -0.479. The summed E-state index contributed by atoms with van der Waals surface area (Å²) in [6.07, 6.45) is 7.27. The van der Waals surface area contributed by atoms with E-state index in [4.69, 9.17) is 0 Å². The van der Waals surface area contributed by atoms with Gasteiger partial charge >= 0.3 is 5.97 Å². The molecule has 2 rings (SSSR count). The second-order valence-electron chi connectivity index (χ2n) is 5.06. The van der Waals surface area contributed by atoms with Crippen molar-refractivity contribution in [3.63, 3.8) is 0 Å². The molecular weight excluding hydrogens is 246 g/mol. The molecule has 5 heteroatoms. The molecule has 0 radical (unpaired) electrons. The molecule has 1 aromatic heterocycles. The number of carbonyl (C=O) groups is 1. The van der Waals surface area contributed by atoms with Crippen LogP contribution in [0.5, 0.6) is 5.75 Å². The van der Waals surface area contributed by atoms with Crippen LogP contribution in [0.1, 0.15) is 42.5 Å². The molecule has 1 aliphatic rings. The maximum Gasteiger partial charge on any atom is 0.343 e. The Bertz CT molecular complexity index is 515. The van der Waals surface area contributed by atoms with Crippen molar-refractivity contribution in [2.75, 3.05) is 7.11 Å². The predicted molar refractivity (Wildman–Crippen MR) is 70.3 cm³/mol. The summed E-state index contributed by atoms with van der Waals surface area (Å²) in [7, 11) is 1.25. The van der Waals surface area contributed by atoms with E-state index in [-0.39, 0.29) is 16.9 Å². The van der Waals surface area contributed by atoms with Gasteiger partial charge in [0.05, 0.1) is 7.11 Å². The lowest BCUT2D eigenvalue weighted by Crippen LogP contribution is -2.25. The normalized spacial score (nSPS) is 16.3. The van der Waals surface area contributed by atoms with Crippen molar-refractivity contribution in [2.45, 2.75) is 38.6 Å². The molecular formula is C14H19NO4. The number of pyridine rings is 1. The average Bonchev–Trinajstić information content (AvgIpc) is 2.42. The van der Waals surface area contributed by atoms with Crippen molar-refractivity contribution in [1.82, 2.24) is 4.57 Å². The molecule has 19 heavy (non-hydrogen) atoms. The van der Waals surface area contributed by atoms with Crippen molar-refractivity contribution in [3.8, 4) is 5.75 Å². The van der Waals surface area contributed by atoms with E-state index < -0.39 is 5.97 Å². The van der Waals surface area contributed by atoms with Gasteiger partial charge in [0.15, 0.2) is 0 Å². The van der Waals surface area contributed by atoms with Crippen LogP contribution in [-0.2, 0) is 11.3 Å². The van der Waals surface area contributed by atoms with E-state index in [9.17, 15) is 14.7 Å². The maximum absolute atomic E-state index is 11.8. The van der Waals surface area contributed by atoms with Gasteiger partial charge in [0.25, 0.3) is 5.56 Å². The molecule has 1 N–H and O–H groups in total. The minimum Gasteiger partial charge on any atom is -0.507 e. The average molecular weight is 265 g/mol. The summed E-state index contributed by atoms with van der Waals surface area (Å²) in [6, 6.07) is 1.08. The van der Waals surface area contributed by atoms with E-state index in [0.29, 0.717) is 12.5 Å². The Morgan fingerprint density at radius 2 is 2.11 bits per heavy atom. The van der Waals surface area contributed by atoms with E-state index in [1.807, 2.05) is 0 Å². The van der Waals surface area contributed by atoms with E-state index in [2.05, 4.69) is 4.74 Å². The van der Waals surface area contributed by atoms with Crippen LogP contribution < -0.4 is 5.56 Å². The number of aromatic hydroxyl groups is 1. The summed E-state index contributed by atoms with van der Waals surface area (Å²) in [4.78, 5) is 23.3. The van der Waals surface area contributed by atoms with Crippen LogP contribution in [-0.4, -0.2) is 22.8 Å². The zero-order chi connectivity index (χ0) is 13.8. The molecule has 0 atom stereocenters. The molecule has 1 saturated carbocycles. The number of aromatic nitrogens is 1. The van der Waals surface area contributed by atoms with Crippen molar-refractivity contribution in [1.29, 1.82) is 0 Å². The Balaban J connectivity index is 2.24. The van der Waals surface area contributed by atoms with Crippen LogP contribution in [0.4, 0.5) is 0 Å². The van der Waals surface area contributed by atoms with Crippen LogP contribution in [0, 0.1) is 5.92 Å². The van der Waals surface area contributed by atoms with Gasteiger partial charge in [-0.25, -0.2) is 4.79 Å². The van der Waals surface area contributed by atoms with Gasteiger partial charge in [-0.3, -0.25) is 4.79 Å². The van der Waals surface area contributed by atoms with Gasteiger partial charge < -0.3 is 14.4 Å². The third kappa shape index (κ3) is 3.16. The van der Waals surface area contributed by atoms with E-state index in [0.717, 1.165) is 18.9 Å². The van der Waals surface area contributed by atoms with Gasteiger partial charge in [-0.05, 0) is 18.8 Å². The summed E-state index contributed by atoms with van der Waals surface area (Å²) >= 11 is 0. The number of carbonyl (C=O) groups excluding carboxylic acids is 1. The molecule has 104 valence electrons. The summed E-state index contributed by atoms with van der Waals surface area (Å²) < 4.78 is 6.09. The van der Waals surface area contributed by atoms with E-state index >= 15 is 0 Å². The molecule has 1 aliphatic carbocycles. The van der Waals surface area contributed by atoms with Crippen LogP contribution in [0.3, 0.4) is 0 Å². The highest BCUT2D eigenvalue weighted by Crippen LogP contribution is 2.25. The Morgan fingerprint density at radius 1 is 1.42 bits per heavy atom. The lowest BCUT2D eigenvalue weighted by atomic mass is 9.89. The lowest BCUT2D eigenvalue weighted by molar-refractivity contribution is 0.0596. The molecule has 0 aromatic carbocycles. The van der Waals surface area contributed by atoms with Crippen molar-refractivity contribution in [3.05, 3.63) is 28.2 Å². The summed E-state index contributed by atoms with van der Waals surface area (Å²) in [5.41, 5.74) is -0.242. The zero-order valence-electron chi connectivity index (χ0n) is 11.1. The number of esters is 1. The van der Waals surface area contributed by atoms with Crippen LogP contribution in [0.2, 0.25) is 0 Å². The van der Waals surface area contributed by atoms with Crippen molar-refractivity contribution >= 4 is 5.97 Å². The molecule has 1 fully saturated rings. The molecule has 0 unspecified atom stereocenters. The van der Waals surface area contributed by atoms with Gasteiger partial charge in [-0.15, -0.1) is 0 Å². The fourth-order valence-corrected chi connectivity index (χ4v) is 2.62. The number of ether oxygens (including phenoxy) is 1. The highest BCUT2D eigenvalue weighted by atomic mass is 16.5. The van der Waals surface area contributed by atoms with E-state index in [1.54, 1.807) is 0 Å². The standard InChI is InChI=1S/C14H19NO4/c1-19-14(18)11-9-15(13(17)7-12(11)16)8-10-5-3-2-4-6-10/h7,9-10,16H,2-6,8H2,1H3. The molecule has 0 spiro atoms. The molecule has 0 saturated heterocycles. The number of rotatable bonds is 3. The van der Waals surface area contributed by atoms with Gasteiger partial charge in [-0.1, -0.05) is 19.3 Å². The first-order valence-corrected chi connectivity index (χ1v) is 6.63. The second-order valence-corrected chi connectivity index (χ2v) is 5.06. The molecule has 0 aliphatic heterocycles. The molecule has 1 heterocycles. The number of hydrogen-bond donors (Lipinski definition) is 1. The Morgan fingerprint density at radius 3 is 2.74 bits per heavy atom. The smallest absolute Gasteiger partial charge is 0.343 e. The van der Waals surface area contributed by atoms with Crippen LogP contribution >= 0.6 is 0 Å². The van der Waals surface area contributed by atoms with E-state index in [1.165, 1.54) is 37.1 Å². The van der Waals surface area contributed by atoms with Crippen LogP contribution in [0.15, 0.2) is 17.1 Å². The second kappa shape index (κ2) is 5.91. The maximum atomic E-state index is 11.8. The topological polar surface area (TPSA) is 68.5 Å². The molecule has 1 aromatic rings. The van der Waals surface area contributed by atoms with Crippen LogP contribution in [0.25, 0.3) is 0 Å². The quantitative estimate of drug-likeness (QED) is 0.848. The predicted octanol–water partition coefficient (Wildman–Crippen LogP) is 1.92. The Labute approximate surface area is 111 Å². The lowest BCUT2D eigenvalue weighted by Gasteiger charge is -2.22. The van der Waals surface area contributed by atoms with Crippen molar-refractivity contribution < 1.29 is 14.6 Å². The summed E-state index contributed by atoms with van der Waals surface area (Å²) in [6.45, 7) is 0.600. The highest BCUT2D eigenvalue weighted by molar-refractivity contribution is 5.91. The van der Waals surface area contributed by atoms with Gasteiger partial charge in [0.1, 0.15) is 11.3 Å². The monoisotopic (exact) mass is 265 g/mol. The first-order valence-electron chi connectivity index (χ1n) is 6.63. The number of methoxy groups -OCH3 is 1. The van der Waals surface area contributed by atoms with Gasteiger partial charge in [0, 0.05) is 18.8 Å². The Hall–Kier alpha value is -1.78. The SMILES string of the molecule is COC(=O)c1cn(CC2CCCCC2)c(=O)cc1O.